The molecule has 6 nitrogen and oxygen atoms in total. The maximum absolute atomic E-state index is 12.1. The third-order valence-corrected chi connectivity index (χ3v) is 4.44. The summed E-state index contributed by atoms with van der Waals surface area (Å²) >= 11 is 0. The first kappa shape index (κ1) is 18.8. The molecule has 0 fully saturated rings. The molecular weight excluding hydrogens is 340 g/mol. The maximum Gasteiger partial charge on any atom is 0.276 e. The second kappa shape index (κ2) is 8.53. The second-order valence-electron chi connectivity index (χ2n) is 5.78. The minimum atomic E-state index is -3.68. The number of nitrogens with zero attached hydrogens (tertiary/aromatic N) is 1. The number of nitrogens with one attached hydrogen (secondary N) is 1. The average molecular weight is 362 g/mol. The lowest BCUT2D eigenvalue weighted by molar-refractivity contribution is 0.257. The predicted molar refractivity (Wildman–Crippen MR) is 97.7 cm³/mol. The maximum atomic E-state index is 12.1. The van der Waals surface area contributed by atoms with Gasteiger partial charge in [-0.3, -0.25) is 0 Å². The predicted octanol–water partition coefficient (Wildman–Crippen LogP) is 3.04. The van der Waals surface area contributed by atoms with Gasteiger partial charge in [-0.25, -0.2) is 4.83 Å². The number of rotatable bonds is 8. The molecule has 0 spiro atoms. The van der Waals surface area contributed by atoms with Crippen LogP contribution in [0.3, 0.4) is 0 Å². The van der Waals surface area contributed by atoms with Crippen molar-refractivity contribution in [1.82, 2.24) is 4.83 Å². The zero-order valence-electron chi connectivity index (χ0n) is 14.5. The molecule has 1 N–H and O–H groups in total. The van der Waals surface area contributed by atoms with E-state index in [4.69, 9.17) is 9.47 Å². The van der Waals surface area contributed by atoms with Gasteiger partial charge in [-0.1, -0.05) is 32.0 Å². The summed E-state index contributed by atoms with van der Waals surface area (Å²) in [4.78, 5) is 2.34. The van der Waals surface area contributed by atoms with Crippen LogP contribution in [0.4, 0.5) is 0 Å². The van der Waals surface area contributed by atoms with Crippen molar-refractivity contribution in [1.29, 1.82) is 0 Å². The normalized spacial score (nSPS) is 11.7. The highest BCUT2D eigenvalue weighted by Crippen LogP contribution is 2.28. The molecule has 7 heteroatoms. The largest absolute Gasteiger partial charge is 0.493 e. The molecule has 2 aromatic carbocycles. The zero-order valence-corrected chi connectivity index (χ0v) is 15.3. The van der Waals surface area contributed by atoms with Crippen molar-refractivity contribution < 1.29 is 17.9 Å². The first-order valence-electron chi connectivity index (χ1n) is 7.83. The van der Waals surface area contributed by atoms with Crippen LogP contribution in [-0.2, 0) is 10.0 Å². The number of hydrogen-bond acceptors (Lipinski definition) is 5. The van der Waals surface area contributed by atoms with Gasteiger partial charge < -0.3 is 9.47 Å². The highest BCUT2D eigenvalue weighted by molar-refractivity contribution is 7.89. The van der Waals surface area contributed by atoms with E-state index in [1.54, 1.807) is 43.5 Å². The molecule has 0 aliphatic heterocycles. The lowest BCUT2D eigenvalue weighted by Gasteiger charge is -2.12. The van der Waals surface area contributed by atoms with Gasteiger partial charge in [-0.15, -0.1) is 0 Å². The van der Waals surface area contributed by atoms with Crippen molar-refractivity contribution >= 4 is 16.2 Å². The fourth-order valence-corrected chi connectivity index (χ4v) is 2.78. The van der Waals surface area contributed by atoms with Gasteiger partial charge >= 0.3 is 0 Å². The fourth-order valence-electron chi connectivity index (χ4n) is 1.96. The smallest absolute Gasteiger partial charge is 0.276 e. The first-order valence-corrected chi connectivity index (χ1v) is 9.31. The quantitative estimate of drug-likeness (QED) is 0.578. The van der Waals surface area contributed by atoms with Crippen molar-refractivity contribution in [2.75, 3.05) is 13.7 Å². The van der Waals surface area contributed by atoms with Crippen LogP contribution >= 0.6 is 0 Å². The molecule has 25 heavy (non-hydrogen) atoms. The minimum Gasteiger partial charge on any atom is -0.493 e. The molecule has 0 aliphatic carbocycles. The van der Waals surface area contributed by atoms with Gasteiger partial charge in [0, 0.05) is 0 Å². The van der Waals surface area contributed by atoms with Crippen LogP contribution in [0, 0.1) is 5.92 Å². The molecule has 2 rings (SSSR count). The molecule has 0 atom stereocenters. The molecule has 0 amide bonds. The molecule has 0 unspecified atom stereocenters. The SMILES string of the molecule is COc1cc(/C=N\NS(=O)(=O)c2ccccc2)ccc1OCC(C)C. The summed E-state index contributed by atoms with van der Waals surface area (Å²) in [7, 11) is -2.12. The van der Waals surface area contributed by atoms with Crippen LogP contribution in [0.25, 0.3) is 0 Å². The molecule has 0 saturated heterocycles. The summed E-state index contributed by atoms with van der Waals surface area (Å²) < 4.78 is 35.1. The first-order chi connectivity index (χ1) is 11.9. The van der Waals surface area contributed by atoms with Gasteiger partial charge in [0.2, 0.25) is 0 Å². The summed E-state index contributed by atoms with van der Waals surface area (Å²) in [5, 5.41) is 3.81. The highest BCUT2D eigenvalue weighted by atomic mass is 32.2. The van der Waals surface area contributed by atoms with Crippen molar-refractivity contribution in [3.8, 4) is 11.5 Å². The number of hydrogen-bond donors (Lipinski definition) is 1. The molecule has 2 aromatic rings. The Kier molecular flexibility index (Phi) is 6.41. The average Bonchev–Trinajstić information content (AvgIpc) is 2.61. The number of ether oxygens (including phenoxy) is 2. The van der Waals surface area contributed by atoms with E-state index in [-0.39, 0.29) is 4.90 Å². The molecule has 0 aliphatic rings. The monoisotopic (exact) mass is 362 g/mol. The summed E-state index contributed by atoms with van der Waals surface area (Å²) in [6.07, 6.45) is 1.41. The van der Waals surface area contributed by atoms with Crippen molar-refractivity contribution in [2.24, 2.45) is 11.0 Å². The Morgan fingerprint density at radius 1 is 1.12 bits per heavy atom. The van der Waals surface area contributed by atoms with Crippen molar-refractivity contribution in [2.45, 2.75) is 18.7 Å². The Balaban J connectivity index is 2.08. The summed E-state index contributed by atoms with van der Waals surface area (Å²) in [5.41, 5.74) is 0.685. The standard InChI is InChI=1S/C18H22N2O4S/c1-14(2)13-24-17-10-9-15(11-18(17)23-3)12-19-20-25(21,22)16-7-5-4-6-8-16/h4-12,14,20H,13H2,1-3H3/b19-12-. The third-order valence-electron chi connectivity index (χ3n) is 3.20. The second-order valence-corrected chi connectivity index (χ2v) is 7.44. The Labute approximate surface area is 148 Å². The number of sulfonamides is 1. The Bertz CT molecular complexity index is 818. The van der Waals surface area contributed by atoms with Crippen LogP contribution in [0.5, 0.6) is 11.5 Å². The fraction of sp³-hybridized carbons (Fsp3) is 0.278. The van der Waals surface area contributed by atoms with Crippen molar-refractivity contribution in [3.63, 3.8) is 0 Å². The van der Waals surface area contributed by atoms with Crippen LogP contribution in [-0.4, -0.2) is 28.3 Å². The van der Waals surface area contributed by atoms with E-state index in [9.17, 15) is 8.42 Å². The molecule has 134 valence electrons. The molecule has 0 saturated carbocycles. The topological polar surface area (TPSA) is 77.0 Å². The van der Waals surface area contributed by atoms with E-state index in [0.717, 1.165) is 0 Å². The van der Waals surface area contributed by atoms with E-state index < -0.39 is 10.0 Å². The number of benzene rings is 2. The lowest BCUT2D eigenvalue weighted by Crippen LogP contribution is -2.18. The minimum absolute atomic E-state index is 0.155. The van der Waals surface area contributed by atoms with E-state index >= 15 is 0 Å². The van der Waals surface area contributed by atoms with Crippen LogP contribution < -0.4 is 14.3 Å². The van der Waals surface area contributed by atoms with Gasteiger partial charge in [0.25, 0.3) is 10.0 Å². The van der Waals surface area contributed by atoms with Gasteiger partial charge in [-0.2, -0.15) is 13.5 Å². The highest BCUT2D eigenvalue weighted by Gasteiger charge is 2.11. The van der Waals surface area contributed by atoms with Crippen LogP contribution in [0.2, 0.25) is 0 Å². The third kappa shape index (κ3) is 5.49. The Hall–Kier alpha value is -2.54. The Morgan fingerprint density at radius 2 is 1.84 bits per heavy atom. The van der Waals surface area contributed by atoms with Crippen LogP contribution in [0.1, 0.15) is 19.4 Å². The molecule has 0 heterocycles. The van der Waals surface area contributed by atoms with Gasteiger partial charge in [0.1, 0.15) is 0 Å². The zero-order chi connectivity index (χ0) is 18.3. The van der Waals surface area contributed by atoms with Gasteiger partial charge in [0.05, 0.1) is 24.8 Å². The molecular formula is C18H22N2O4S. The lowest BCUT2D eigenvalue weighted by atomic mass is 10.2. The summed E-state index contributed by atoms with van der Waals surface area (Å²) in [6.45, 7) is 4.71. The van der Waals surface area contributed by atoms with E-state index in [1.165, 1.54) is 18.3 Å². The van der Waals surface area contributed by atoms with Gasteiger partial charge in [0.15, 0.2) is 11.5 Å². The van der Waals surface area contributed by atoms with Crippen molar-refractivity contribution in [3.05, 3.63) is 54.1 Å². The number of hydrazone groups is 1. The van der Waals surface area contributed by atoms with E-state index in [2.05, 4.69) is 23.8 Å². The summed E-state index contributed by atoms with van der Waals surface area (Å²) in [5.74, 6) is 1.60. The van der Waals surface area contributed by atoms with E-state index in [1.807, 2.05) is 0 Å². The molecule has 0 radical (unpaired) electrons. The number of methoxy groups -OCH3 is 1. The summed E-state index contributed by atoms with van der Waals surface area (Å²) in [6, 6.07) is 13.3. The van der Waals surface area contributed by atoms with Gasteiger partial charge in [-0.05, 0) is 41.8 Å². The Morgan fingerprint density at radius 3 is 2.48 bits per heavy atom. The molecule has 0 aromatic heterocycles. The van der Waals surface area contributed by atoms with Crippen LogP contribution in [0.15, 0.2) is 58.5 Å². The van der Waals surface area contributed by atoms with E-state index in [0.29, 0.717) is 29.6 Å². The molecule has 0 bridgehead atoms.